The summed E-state index contributed by atoms with van der Waals surface area (Å²) in [6, 6.07) is 0. The summed E-state index contributed by atoms with van der Waals surface area (Å²) in [5.74, 6) is 3.66. The van der Waals surface area contributed by atoms with E-state index in [1.165, 1.54) is 57.8 Å². The van der Waals surface area contributed by atoms with Crippen LogP contribution in [0, 0.1) is 29.1 Å². The summed E-state index contributed by atoms with van der Waals surface area (Å²) in [5.41, 5.74) is 2.12. The molecule has 0 amide bonds. The molecule has 1 N–H and O–H groups in total. The predicted molar refractivity (Wildman–Crippen MR) is 82.3 cm³/mol. The van der Waals surface area contributed by atoms with Crippen LogP contribution in [-0.2, 0) is 0 Å². The highest BCUT2D eigenvalue weighted by Gasteiger charge is 2.57. The number of rotatable bonds is 1. The smallest absolute Gasteiger partial charge is 0.0599 e. The first-order valence-corrected chi connectivity index (χ1v) is 9.13. The molecular formula is C19H30O. The highest BCUT2D eigenvalue weighted by Crippen LogP contribution is 2.63. The first kappa shape index (κ1) is 13.4. The predicted octanol–water partition coefficient (Wildman–Crippen LogP) is 4.70. The van der Waals surface area contributed by atoms with Crippen LogP contribution in [0.25, 0.3) is 0 Å². The van der Waals surface area contributed by atoms with Gasteiger partial charge in [-0.3, -0.25) is 0 Å². The van der Waals surface area contributed by atoms with Gasteiger partial charge in [0.1, 0.15) is 0 Å². The molecule has 0 spiro atoms. The molecular weight excluding hydrogens is 244 g/mol. The second-order valence-corrected chi connectivity index (χ2v) is 8.01. The van der Waals surface area contributed by atoms with Crippen LogP contribution in [0.4, 0.5) is 0 Å². The summed E-state index contributed by atoms with van der Waals surface area (Å²) in [5, 5.41) is 10.6. The van der Waals surface area contributed by atoms with Crippen molar-refractivity contribution >= 4 is 0 Å². The molecule has 0 aromatic carbocycles. The summed E-state index contributed by atoms with van der Waals surface area (Å²) < 4.78 is 0. The Balaban J connectivity index is 1.64. The van der Waals surface area contributed by atoms with E-state index < -0.39 is 0 Å². The Morgan fingerprint density at radius 1 is 1.15 bits per heavy atom. The Morgan fingerprint density at radius 2 is 2.05 bits per heavy atom. The molecule has 3 fully saturated rings. The van der Waals surface area contributed by atoms with Gasteiger partial charge >= 0.3 is 0 Å². The molecule has 1 nitrogen and oxygen atoms in total. The van der Waals surface area contributed by atoms with Gasteiger partial charge in [0.25, 0.3) is 0 Å². The Hall–Kier alpha value is -0.300. The van der Waals surface area contributed by atoms with Gasteiger partial charge in [-0.05, 0) is 93.3 Å². The Morgan fingerprint density at radius 3 is 2.90 bits per heavy atom. The van der Waals surface area contributed by atoms with E-state index in [2.05, 4.69) is 13.0 Å². The molecule has 1 heteroatoms. The largest absolute Gasteiger partial charge is 0.393 e. The molecule has 20 heavy (non-hydrogen) atoms. The third-order valence-electron chi connectivity index (χ3n) is 7.71. The summed E-state index contributed by atoms with van der Waals surface area (Å²) in [6.07, 6.45) is 15.9. The van der Waals surface area contributed by atoms with Crippen molar-refractivity contribution in [2.24, 2.45) is 29.1 Å². The maximum absolute atomic E-state index is 10.6. The normalized spacial score (nSPS) is 50.9. The number of fused-ring (bicyclic) bond motifs is 5. The topological polar surface area (TPSA) is 20.2 Å². The number of hydrogen-bond acceptors (Lipinski definition) is 1. The van der Waals surface area contributed by atoms with Crippen LogP contribution in [0.1, 0.15) is 71.1 Å². The third-order valence-corrected chi connectivity index (χ3v) is 7.71. The SMILES string of the molecule is CC[C@]12CC[C@H]3[C@@H](CCC4=CCCC[C@@H]43)[C@@H]1CC[C@@H]2O. The second kappa shape index (κ2) is 4.87. The van der Waals surface area contributed by atoms with E-state index in [1.807, 2.05) is 5.57 Å². The molecule has 0 radical (unpaired) electrons. The molecule has 0 saturated heterocycles. The number of aliphatic hydroxyl groups excluding tert-OH is 1. The molecule has 0 bridgehead atoms. The lowest BCUT2D eigenvalue weighted by atomic mass is 9.51. The minimum Gasteiger partial charge on any atom is -0.393 e. The fraction of sp³-hybridized carbons (Fsp3) is 0.895. The van der Waals surface area contributed by atoms with Crippen LogP contribution < -0.4 is 0 Å². The molecule has 6 atom stereocenters. The van der Waals surface area contributed by atoms with Gasteiger partial charge in [-0.1, -0.05) is 18.6 Å². The van der Waals surface area contributed by atoms with Crippen LogP contribution in [-0.4, -0.2) is 11.2 Å². The summed E-state index contributed by atoms with van der Waals surface area (Å²) >= 11 is 0. The van der Waals surface area contributed by atoms with Crippen molar-refractivity contribution in [3.8, 4) is 0 Å². The fourth-order valence-electron chi connectivity index (χ4n) is 6.76. The van der Waals surface area contributed by atoms with Gasteiger partial charge in [0.15, 0.2) is 0 Å². The van der Waals surface area contributed by atoms with Gasteiger partial charge in [-0.2, -0.15) is 0 Å². The van der Waals surface area contributed by atoms with E-state index in [0.29, 0.717) is 5.41 Å². The van der Waals surface area contributed by atoms with Gasteiger partial charge < -0.3 is 5.11 Å². The highest BCUT2D eigenvalue weighted by molar-refractivity contribution is 5.18. The van der Waals surface area contributed by atoms with E-state index >= 15 is 0 Å². The lowest BCUT2D eigenvalue weighted by molar-refractivity contribution is -0.0673. The summed E-state index contributed by atoms with van der Waals surface area (Å²) in [4.78, 5) is 0. The molecule has 0 heterocycles. The Kier molecular flexibility index (Phi) is 3.25. The third kappa shape index (κ3) is 1.71. The Bertz CT molecular complexity index is 412. The quantitative estimate of drug-likeness (QED) is 0.687. The van der Waals surface area contributed by atoms with E-state index in [4.69, 9.17) is 0 Å². The van der Waals surface area contributed by atoms with Crippen molar-refractivity contribution < 1.29 is 5.11 Å². The van der Waals surface area contributed by atoms with Crippen molar-refractivity contribution in [1.82, 2.24) is 0 Å². The number of hydrogen-bond donors (Lipinski definition) is 1. The minimum atomic E-state index is 0.00162. The maximum Gasteiger partial charge on any atom is 0.0599 e. The zero-order valence-corrected chi connectivity index (χ0v) is 13.0. The summed E-state index contributed by atoms with van der Waals surface area (Å²) in [7, 11) is 0. The zero-order chi connectivity index (χ0) is 13.7. The van der Waals surface area contributed by atoms with E-state index in [0.717, 1.165) is 30.1 Å². The zero-order valence-electron chi connectivity index (χ0n) is 13.0. The van der Waals surface area contributed by atoms with Gasteiger partial charge in [0, 0.05) is 0 Å². The summed E-state index contributed by atoms with van der Waals surface area (Å²) in [6.45, 7) is 2.33. The van der Waals surface area contributed by atoms with Crippen molar-refractivity contribution in [1.29, 1.82) is 0 Å². The van der Waals surface area contributed by atoms with Gasteiger partial charge in [-0.15, -0.1) is 0 Å². The van der Waals surface area contributed by atoms with Crippen molar-refractivity contribution in [3.05, 3.63) is 11.6 Å². The number of allylic oxidation sites excluding steroid dienone is 2. The molecule has 4 aliphatic carbocycles. The first-order chi connectivity index (χ1) is 9.76. The molecule has 0 unspecified atom stereocenters. The van der Waals surface area contributed by atoms with Crippen LogP contribution in [0.3, 0.4) is 0 Å². The minimum absolute atomic E-state index is 0.00162. The van der Waals surface area contributed by atoms with Crippen LogP contribution in [0.2, 0.25) is 0 Å². The Labute approximate surface area is 123 Å². The lowest BCUT2D eigenvalue weighted by Crippen LogP contribution is -2.48. The van der Waals surface area contributed by atoms with E-state index in [-0.39, 0.29) is 6.10 Å². The molecule has 0 aromatic rings. The molecule has 4 rings (SSSR count). The van der Waals surface area contributed by atoms with Crippen LogP contribution in [0.15, 0.2) is 11.6 Å². The van der Waals surface area contributed by atoms with Gasteiger partial charge in [-0.25, -0.2) is 0 Å². The van der Waals surface area contributed by atoms with Crippen molar-refractivity contribution in [2.75, 3.05) is 0 Å². The maximum atomic E-state index is 10.6. The van der Waals surface area contributed by atoms with E-state index in [1.54, 1.807) is 0 Å². The molecule has 112 valence electrons. The van der Waals surface area contributed by atoms with Crippen molar-refractivity contribution in [3.63, 3.8) is 0 Å². The monoisotopic (exact) mass is 274 g/mol. The molecule has 0 aromatic heterocycles. The van der Waals surface area contributed by atoms with Gasteiger partial charge in [0.2, 0.25) is 0 Å². The average Bonchev–Trinajstić information content (AvgIpc) is 2.85. The van der Waals surface area contributed by atoms with Crippen LogP contribution in [0.5, 0.6) is 0 Å². The van der Waals surface area contributed by atoms with Gasteiger partial charge in [0.05, 0.1) is 6.10 Å². The second-order valence-electron chi connectivity index (χ2n) is 8.01. The fourth-order valence-corrected chi connectivity index (χ4v) is 6.76. The standard InChI is InChI=1S/C19H30O/c1-2-19-12-11-15-14-6-4-3-5-13(14)7-8-16(15)17(19)9-10-18(19)20/h5,14-18,20H,2-4,6-12H2,1H3/t14-,15+,16+,17-,18-,19-/m0/s1. The lowest BCUT2D eigenvalue weighted by Gasteiger charge is -2.54. The molecule has 3 saturated carbocycles. The molecule has 4 aliphatic rings. The highest BCUT2D eigenvalue weighted by atomic mass is 16.3. The van der Waals surface area contributed by atoms with Crippen LogP contribution >= 0.6 is 0 Å². The van der Waals surface area contributed by atoms with E-state index in [9.17, 15) is 5.11 Å². The van der Waals surface area contributed by atoms with Crippen molar-refractivity contribution in [2.45, 2.75) is 77.2 Å². The molecule has 0 aliphatic heterocycles. The average molecular weight is 274 g/mol. The number of aliphatic hydroxyl groups is 1. The first-order valence-electron chi connectivity index (χ1n) is 9.13.